The van der Waals surface area contributed by atoms with Crippen molar-refractivity contribution in [2.45, 2.75) is 6.42 Å². The Bertz CT molecular complexity index is 399. The summed E-state index contributed by atoms with van der Waals surface area (Å²) in [5, 5.41) is 13.8. The number of H-pyrrole nitrogens is 1. The van der Waals surface area contributed by atoms with E-state index < -0.39 is 0 Å². The summed E-state index contributed by atoms with van der Waals surface area (Å²) in [7, 11) is 0. The van der Waals surface area contributed by atoms with Crippen LogP contribution in [0.4, 0.5) is 0 Å². The normalized spacial score (nSPS) is 10.4. The lowest BCUT2D eigenvalue weighted by atomic mass is 10.1. The third kappa shape index (κ3) is 1.93. The SMILES string of the molecule is SCCc1cccc(-c2nn[nH]n2)c1. The highest BCUT2D eigenvalue weighted by atomic mass is 32.1. The highest BCUT2D eigenvalue weighted by Gasteiger charge is 2.02. The van der Waals surface area contributed by atoms with Crippen LogP contribution in [0.5, 0.6) is 0 Å². The summed E-state index contributed by atoms with van der Waals surface area (Å²) < 4.78 is 0. The maximum Gasteiger partial charge on any atom is 0.204 e. The molecule has 2 rings (SSSR count). The van der Waals surface area contributed by atoms with Crippen LogP contribution in [-0.4, -0.2) is 26.4 Å². The Morgan fingerprint density at radius 1 is 1.36 bits per heavy atom. The summed E-state index contributed by atoms with van der Waals surface area (Å²) in [5.41, 5.74) is 2.22. The third-order valence-electron chi connectivity index (χ3n) is 1.93. The molecule has 14 heavy (non-hydrogen) atoms. The molecule has 72 valence electrons. The fourth-order valence-electron chi connectivity index (χ4n) is 1.28. The van der Waals surface area contributed by atoms with Gasteiger partial charge in [0.25, 0.3) is 0 Å². The topological polar surface area (TPSA) is 54.5 Å². The zero-order valence-electron chi connectivity index (χ0n) is 7.51. The monoisotopic (exact) mass is 206 g/mol. The fourth-order valence-corrected chi connectivity index (χ4v) is 1.54. The second-order valence-corrected chi connectivity index (χ2v) is 3.36. The van der Waals surface area contributed by atoms with Crippen molar-refractivity contribution in [3.63, 3.8) is 0 Å². The van der Waals surface area contributed by atoms with Crippen LogP contribution in [0.15, 0.2) is 24.3 Å². The molecule has 1 aromatic heterocycles. The number of rotatable bonds is 3. The van der Waals surface area contributed by atoms with Gasteiger partial charge in [0, 0.05) is 5.56 Å². The molecule has 0 radical (unpaired) electrons. The van der Waals surface area contributed by atoms with E-state index in [0.29, 0.717) is 5.82 Å². The summed E-state index contributed by atoms with van der Waals surface area (Å²) in [5.74, 6) is 1.47. The van der Waals surface area contributed by atoms with E-state index in [1.165, 1.54) is 5.56 Å². The fraction of sp³-hybridized carbons (Fsp3) is 0.222. The van der Waals surface area contributed by atoms with E-state index in [1.807, 2.05) is 12.1 Å². The molecule has 1 aromatic carbocycles. The molecule has 5 heteroatoms. The van der Waals surface area contributed by atoms with Crippen LogP contribution in [0, 0.1) is 0 Å². The molecule has 0 saturated heterocycles. The van der Waals surface area contributed by atoms with Gasteiger partial charge in [0.05, 0.1) is 0 Å². The van der Waals surface area contributed by atoms with Gasteiger partial charge < -0.3 is 0 Å². The van der Waals surface area contributed by atoms with Crippen LogP contribution < -0.4 is 0 Å². The first-order chi connectivity index (χ1) is 6.90. The molecule has 0 bridgehead atoms. The lowest BCUT2D eigenvalue weighted by molar-refractivity contribution is 0.881. The number of tetrazole rings is 1. The summed E-state index contributed by atoms with van der Waals surface area (Å²) in [6.45, 7) is 0. The standard InChI is InChI=1S/C9H10N4S/c14-5-4-7-2-1-3-8(6-7)9-10-12-13-11-9/h1-3,6,14H,4-5H2,(H,10,11,12,13). The van der Waals surface area contributed by atoms with Crippen LogP contribution in [0.3, 0.4) is 0 Å². The molecule has 0 aliphatic carbocycles. The van der Waals surface area contributed by atoms with Gasteiger partial charge in [-0.15, -0.1) is 10.2 Å². The van der Waals surface area contributed by atoms with Crippen LogP contribution in [0.25, 0.3) is 11.4 Å². The van der Waals surface area contributed by atoms with Crippen molar-refractivity contribution < 1.29 is 0 Å². The Morgan fingerprint density at radius 3 is 3.00 bits per heavy atom. The predicted octanol–water partition coefficient (Wildman–Crippen LogP) is 1.34. The quantitative estimate of drug-likeness (QED) is 0.745. The van der Waals surface area contributed by atoms with Gasteiger partial charge in [0.15, 0.2) is 0 Å². The number of aromatic amines is 1. The largest absolute Gasteiger partial charge is 0.204 e. The first kappa shape index (κ1) is 9.21. The number of thiol groups is 1. The van der Waals surface area contributed by atoms with E-state index in [2.05, 4.69) is 45.4 Å². The van der Waals surface area contributed by atoms with Crippen molar-refractivity contribution in [1.82, 2.24) is 20.6 Å². The minimum Gasteiger partial charge on any atom is -0.179 e. The molecule has 0 unspecified atom stereocenters. The minimum atomic E-state index is 0.631. The van der Waals surface area contributed by atoms with E-state index >= 15 is 0 Å². The predicted molar refractivity (Wildman–Crippen MR) is 57.2 cm³/mol. The first-order valence-corrected chi connectivity index (χ1v) is 4.97. The Labute approximate surface area is 87.1 Å². The summed E-state index contributed by atoms with van der Waals surface area (Å²) in [4.78, 5) is 0. The molecule has 0 saturated carbocycles. The van der Waals surface area contributed by atoms with Crippen molar-refractivity contribution in [3.8, 4) is 11.4 Å². The number of benzene rings is 1. The van der Waals surface area contributed by atoms with Crippen molar-refractivity contribution in [1.29, 1.82) is 0 Å². The minimum absolute atomic E-state index is 0.631. The lowest BCUT2D eigenvalue weighted by Gasteiger charge is -1.99. The molecule has 1 N–H and O–H groups in total. The smallest absolute Gasteiger partial charge is 0.179 e. The average Bonchev–Trinajstić information content (AvgIpc) is 2.71. The van der Waals surface area contributed by atoms with Gasteiger partial charge in [0.1, 0.15) is 0 Å². The van der Waals surface area contributed by atoms with Gasteiger partial charge in [-0.2, -0.15) is 17.8 Å². The maximum absolute atomic E-state index is 4.19. The van der Waals surface area contributed by atoms with Crippen LogP contribution in [0.2, 0.25) is 0 Å². The molecule has 4 nitrogen and oxygen atoms in total. The molecule has 0 aliphatic heterocycles. The molecule has 0 amide bonds. The van der Waals surface area contributed by atoms with E-state index in [0.717, 1.165) is 17.7 Å². The highest BCUT2D eigenvalue weighted by Crippen LogP contribution is 2.15. The Balaban J connectivity index is 2.31. The molecule has 0 aliphatic rings. The van der Waals surface area contributed by atoms with E-state index in [9.17, 15) is 0 Å². The van der Waals surface area contributed by atoms with Gasteiger partial charge in [-0.3, -0.25) is 0 Å². The maximum atomic E-state index is 4.19. The highest BCUT2D eigenvalue weighted by molar-refractivity contribution is 7.80. The van der Waals surface area contributed by atoms with Crippen molar-refractivity contribution in [2.24, 2.45) is 0 Å². The number of aromatic nitrogens is 4. The van der Waals surface area contributed by atoms with Crippen molar-refractivity contribution in [2.75, 3.05) is 5.75 Å². The third-order valence-corrected chi connectivity index (χ3v) is 2.15. The zero-order valence-corrected chi connectivity index (χ0v) is 8.41. The second kappa shape index (κ2) is 4.23. The van der Waals surface area contributed by atoms with Gasteiger partial charge >= 0.3 is 0 Å². The summed E-state index contributed by atoms with van der Waals surface area (Å²) in [6, 6.07) is 8.08. The molecular weight excluding hydrogens is 196 g/mol. The number of nitrogens with one attached hydrogen (secondary N) is 1. The molecule has 1 heterocycles. The van der Waals surface area contributed by atoms with Crippen molar-refractivity contribution in [3.05, 3.63) is 29.8 Å². The number of aryl methyl sites for hydroxylation is 1. The van der Waals surface area contributed by atoms with E-state index in [-0.39, 0.29) is 0 Å². The first-order valence-electron chi connectivity index (χ1n) is 4.34. The van der Waals surface area contributed by atoms with Gasteiger partial charge in [-0.25, -0.2) is 0 Å². The van der Waals surface area contributed by atoms with Crippen molar-refractivity contribution >= 4 is 12.6 Å². The van der Waals surface area contributed by atoms with Gasteiger partial charge in [-0.1, -0.05) is 18.2 Å². The lowest BCUT2D eigenvalue weighted by Crippen LogP contribution is -1.88. The Hall–Kier alpha value is -1.36. The summed E-state index contributed by atoms with van der Waals surface area (Å²) >= 11 is 4.19. The van der Waals surface area contributed by atoms with Gasteiger partial charge in [-0.05, 0) is 29.0 Å². The Morgan fingerprint density at radius 2 is 2.29 bits per heavy atom. The Kier molecular flexibility index (Phi) is 2.78. The summed E-state index contributed by atoms with van der Waals surface area (Å²) in [6.07, 6.45) is 0.953. The molecule has 2 aromatic rings. The number of hydrogen-bond acceptors (Lipinski definition) is 4. The number of hydrogen-bond donors (Lipinski definition) is 2. The number of nitrogens with zero attached hydrogens (tertiary/aromatic N) is 3. The zero-order chi connectivity index (χ0) is 9.80. The van der Waals surface area contributed by atoms with Crippen LogP contribution in [-0.2, 0) is 6.42 Å². The second-order valence-electron chi connectivity index (χ2n) is 2.91. The molecule has 0 atom stereocenters. The molecule has 0 fully saturated rings. The molecular formula is C9H10N4S. The van der Waals surface area contributed by atoms with E-state index in [1.54, 1.807) is 0 Å². The van der Waals surface area contributed by atoms with Gasteiger partial charge in [0.2, 0.25) is 5.82 Å². The van der Waals surface area contributed by atoms with E-state index in [4.69, 9.17) is 0 Å². The molecule has 0 spiro atoms. The van der Waals surface area contributed by atoms with Crippen LogP contribution in [0.1, 0.15) is 5.56 Å². The average molecular weight is 206 g/mol. The van der Waals surface area contributed by atoms with Crippen LogP contribution >= 0.6 is 12.6 Å².